The lowest BCUT2D eigenvalue weighted by Crippen LogP contribution is -2.53. The Morgan fingerprint density at radius 3 is 2.48 bits per heavy atom. The zero-order valence-electron chi connectivity index (χ0n) is 17.3. The highest BCUT2D eigenvalue weighted by Crippen LogP contribution is 2.27. The number of rotatable bonds is 5. The van der Waals surface area contributed by atoms with Crippen LogP contribution >= 0.6 is 11.6 Å². The molecule has 31 heavy (non-hydrogen) atoms. The molecule has 1 heterocycles. The monoisotopic (exact) mass is 465 g/mol. The summed E-state index contributed by atoms with van der Waals surface area (Å²) in [6.07, 6.45) is 3.00. The van der Waals surface area contributed by atoms with Gasteiger partial charge in [-0.3, -0.25) is 9.69 Å². The molecule has 0 aromatic heterocycles. The van der Waals surface area contributed by atoms with Gasteiger partial charge < -0.3 is 5.32 Å². The summed E-state index contributed by atoms with van der Waals surface area (Å²) in [6, 6.07) is 8.97. The molecule has 2 aliphatic rings. The summed E-state index contributed by atoms with van der Waals surface area (Å²) < 4.78 is 41.6. The van der Waals surface area contributed by atoms with Crippen LogP contribution in [0.1, 0.15) is 24.5 Å². The predicted molar refractivity (Wildman–Crippen MR) is 118 cm³/mol. The van der Waals surface area contributed by atoms with Crippen molar-refractivity contribution in [3.8, 4) is 0 Å². The molecule has 0 unspecified atom stereocenters. The van der Waals surface area contributed by atoms with Gasteiger partial charge in [-0.1, -0.05) is 17.7 Å². The zero-order chi connectivity index (χ0) is 22.2. The minimum absolute atomic E-state index is 0.0686. The first kappa shape index (κ1) is 22.2. The summed E-state index contributed by atoms with van der Waals surface area (Å²) in [5.74, 6) is -0.950. The Hall–Kier alpha value is -2.00. The minimum Gasteiger partial charge on any atom is -0.322 e. The predicted octanol–water partition coefficient (Wildman–Crippen LogP) is 3.30. The minimum atomic E-state index is -3.57. The van der Waals surface area contributed by atoms with Crippen LogP contribution in [0.2, 0.25) is 5.02 Å². The highest BCUT2D eigenvalue weighted by atomic mass is 35.5. The van der Waals surface area contributed by atoms with Crippen molar-refractivity contribution in [2.75, 3.05) is 31.5 Å². The van der Waals surface area contributed by atoms with Crippen molar-refractivity contribution in [1.29, 1.82) is 0 Å². The van der Waals surface area contributed by atoms with Crippen LogP contribution in [0.5, 0.6) is 0 Å². The molecule has 1 N–H and O–H groups in total. The highest BCUT2D eigenvalue weighted by Gasteiger charge is 2.32. The van der Waals surface area contributed by atoms with Crippen LogP contribution in [-0.4, -0.2) is 55.8 Å². The third kappa shape index (κ3) is 4.62. The molecule has 1 aliphatic heterocycles. The molecule has 0 saturated carbocycles. The van der Waals surface area contributed by atoms with Crippen molar-refractivity contribution in [1.82, 2.24) is 9.21 Å². The number of fused-ring (bicyclic) bond motifs is 1. The number of carbonyl (C=O) groups is 1. The van der Waals surface area contributed by atoms with E-state index in [1.54, 1.807) is 19.1 Å². The number of aryl methyl sites for hydroxylation is 2. The lowest BCUT2D eigenvalue weighted by Gasteiger charge is -2.36. The van der Waals surface area contributed by atoms with Crippen molar-refractivity contribution < 1.29 is 17.6 Å². The Kier molecular flexibility index (Phi) is 6.35. The Labute approximate surface area is 187 Å². The molecule has 1 atom stereocenters. The van der Waals surface area contributed by atoms with Crippen molar-refractivity contribution in [3.63, 3.8) is 0 Å². The van der Waals surface area contributed by atoms with Crippen LogP contribution < -0.4 is 5.32 Å². The summed E-state index contributed by atoms with van der Waals surface area (Å²) in [5.41, 5.74) is 2.43. The highest BCUT2D eigenvalue weighted by molar-refractivity contribution is 7.89. The van der Waals surface area contributed by atoms with Crippen LogP contribution in [0, 0.1) is 5.82 Å². The van der Waals surface area contributed by atoms with E-state index in [4.69, 9.17) is 11.6 Å². The lowest BCUT2D eigenvalue weighted by molar-refractivity contribution is -0.121. The number of benzene rings is 2. The average Bonchev–Trinajstić information content (AvgIpc) is 3.23. The molecule has 9 heteroatoms. The van der Waals surface area contributed by atoms with E-state index in [1.807, 2.05) is 11.0 Å². The van der Waals surface area contributed by atoms with E-state index < -0.39 is 21.9 Å². The van der Waals surface area contributed by atoms with Gasteiger partial charge >= 0.3 is 0 Å². The number of nitrogens with one attached hydrogen (secondary N) is 1. The van der Waals surface area contributed by atoms with Crippen LogP contribution in [0.15, 0.2) is 41.3 Å². The fourth-order valence-electron chi connectivity index (χ4n) is 4.18. The third-order valence-corrected chi connectivity index (χ3v) is 8.23. The molecule has 6 nitrogen and oxygen atoms in total. The van der Waals surface area contributed by atoms with E-state index in [0.717, 1.165) is 30.9 Å². The third-order valence-electron chi connectivity index (χ3n) is 6.10. The van der Waals surface area contributed by atoms with E-state index in [0.29, 0.717) is 31.1 Å². The molecule has 0 spiro atoms. The molecule has 0 bridgehead atoms. The largest absolute Gasteiger partial charge is 0.322 e. The van der Waals surface area contributed by atoms with Gasteiger partial charge in [0.2, 0.25) is 15.9 Å². The summed E-state index contributed by atoms with van der Waals surface area (Å²) in [4.78, 5) is 14.8. The molecule has 166 valence electrons. The summed E-state index contributed by atoms with van der Waals surface area (Å²) >= 11 is 5.75. The standard InChI is InChI=1S/C22H25ClFN3O3S/c1-15(22(28)25-21-8-6-18(23)14-20(21)24)26-9-11-27(12-10-26)31(29,30)19-7-5-16-3-2-4-17(16)13-19/h5-8,13-15H,2-4,9-12H2,1H3,(H,25,28)/t15-/m1/s1. The maximum Gasteiger partial charge on any atom is 0.243 e. The Morgan fingerprint density at radius 2 is 1.77 bits per heavy atom. The van der Waals surface area contributed by atoms with Gasteiger partial charge in [0.25, 0.3) is 0 Å². The quantitative estimate of drug-likeness (QED) is 0.735. The molecule has 1 aliphatic carbocycles. The number of piperazine rings is 1. The molecule has 0 radical (unpaired) electrons. The Balaban J connectivity index is 1.38. The molecule has 2 aromatic rings. The smallest absolute Gasteiger partial charge is 0.243 e. The number of carbonyl (C=O) groups excluding carboxylic acids is 1. The van der Waals surface area contributed by atoms with Crippen molar-refractivity contribution >= 4 is 33.2 Å². The number of hydrogen-bond acceptors (Lipinski definition) is 4. The second kappa shape index (κ2) is 8.86. The van der Waals surface area contributed by atoms with Crippen LogP contribution in [0.25, 0.3) is 0 Å². The second-order valence-corrected chi connectivity index (χ2v) is 10.4. The molecular formula is C22H25ClFN3O3S. The zero-order valence-corrected chi connectivity index (χ0v) is 18.8. The van der Waals surface area contributed by atoms with Gasteiger partial charge in [-0.15, -0.1) is 0 Å². The van der Waals surface area contributed by atoms with E-state index in [9.17, 15) is 17.6 Å². The topological polar surface area (TPSA) is 69.7 Å². The van der Waals surface area contributed by atoms with Crippen LogP contribution in [0.3, 0.4) is 0 Å². The Morgan fingerprint density at radius 1 is 1.06 bits per heavy atom. The van der Waals surface area contributed by atoms with Gasteiger partial charge in [0.05, 0.1) is 16.6 Å². The summed E-state index contributed by atoms with van der Waals surface area (Å²) in [6.45, 7) is 3.16. The number of sulfonamides is 1. The van der Waals surface area contributed by atoms with Gasteiger partial charge in [-0.05, 0) is 67.6 Å². The van der Waals surface area contributed by atoms with Gasteiger partial charge in [-0.2, -0.15) is 4.31 Å². The summed E-state index contributed by atoms with van der Waals surface area (Å²) in [5, 5.41) is 2.83. The lowest BCUT2D eigenvalue weighted by atomic mass is 10.1. The molecule has 1 amide bonds. The van der Waals surface area contributed by atoms with Gasteiger partial charge in [0.1, 0.15) is 5.82 Å². The first-order valence-corrected chi connectivity index (χ1v) is 12.2. The molecular weight excluding hydrogens is 441 g/mol. The van der Waals surface area contributed by atoms with E-state index >= 15 is 0 Å². The first-order chi connectivity index (χ1) is 14.8. The fourth-order valence-corrected chi connectivity index (χ4v) is 5.81. The van der Waals surface area contributed by atoms with Crippen molar-refractivity contribution in [3.05, 3.63) is 58.4 Å². The second-order valence-electron chi connectivity index (χ2n) is 8.01. The molecule has 1 saturated heterocycles. The van der Waals surface area contributed by atoms with Crippen LogP contribution in [0.4, 0.5) is 10.1 Å². The van der Waals surface area contributed by atoms with E-state index in [-0.39, 0.29) is 16.6 Å². The fraction of sp³-hybridized carbons (Fsp3) is 0.409. The van der Waals surface area contributed by atoms with Crippen molar-refractivity contribution in [2.24, 2.45) is 0 Å². The van der Waals surface area contributed by atoms with Crippen LogP contribution in [-0.2, 0) is 27.7 Å². The van der Waals surface area contributed by atoms with Gasteiger partial charge in [0, 0.05) is 31.2 Å². The number of amides is 1. The SMILES string of the molecule is C[C@H](C(=O)Nc1ccc(Cl)cc1F)N1CCN(S(=O)(=O)c2ccc3c(c2)CCC3)CC1. The normalized spacial score (nSPS) is 18.5. The molecule has 1 fully saturated rings. The first-order valence-electron chi connectivity index (χ1n) is 10.4. The molecule has 2 aromatic carbocycles. The maximum absolute atomic E-state index is 14.0. The number of anilines is 1. The van der Waals surface area contributed by atoms with Crippen molar-refractivity contribution in [2.45, 2.75) is 37.1 Å². The van der Waals surface area contributed by atoms with Gasteiger partial charge in [0.15, 0.2) is 0 Å². The van der Waals surface area contributed by atoms with E-state index in [1.165, 1.54) is 22.0 Å². The Bertz CT molecular complexity index is 1100. The molecule has 4 rings (SSSR count). The maximum atomic E-state index is 14.0. The number of halogens is 2. The van der Waals surface area contributed by atoms with Gasteiger partial charge in [-0.25, -0.2) is 12.8 Å². The van der Waals surface area contributed by atoms with E-state index in [2.05, 4.69) is 5.32 Å². The number of hydrogen-bond donors (Lipinski definition) is 1. The number of nitrogens with zero attached hydrogens (tertiary/aromatic N) is 2. The average molecular weight is 466 g/mol. The summed E-state index contributed by atoms with van der Waals surface area (Å²) in [7, 11) is -3.57.